The Hall–Kier alpha value is -1.63. The number of aromatic nitrogens is 3. The zero-order chi connectivity index (χ0) is 14.5. The zero-order valence-electron chi connectivity index (χ0n) is 12.2. The van der Waals surface area contributed by atoms with Gasteiger partial charge in [-0.3, -0.25) is 5.10 Å². The fourth-order valence-corrected chi connectivity index (χ4v) is 2.98. The van der Waals surface area contributed by atoms with E-state index >= 15 is 0 Å². The molecule has 1 atom stereocenters. The number of amides is 1. The summed E-state index contributed by atoms with van der Waals surface area (Å²) in [4.78, 5) is 17.9. The molecule has 1 aliphatic heterocycles. The highest BCUT2D eigenvalue weighted by atomic mass is 16.6. The van der Waals surface area contributed by atoms with Crippen LogP contribution in [0.2, 0.25) is 0 Å². The number of morpholine rings is 1. The predicted octanol–water partition coefficient (Wildman–Crippen LogP) is 1.89. The van der Waals surface area contributed by atoms with Gasteiger partial charge in [-0.2, -0.15) is 5.10 Å². The van der Waals surface area contributed by atoms with Crippen molar-refractivity contribution in [3.63, 3.8) is 0 Å². The number of hydrogen-bond donors (Lipinski definition) is 1. The van der Waals surface area contributed by atoms with E-state index in [1.165, 1.54) is 38.4 Å². The van der Waals surface area contributed by atoms with Crippen LogP contribution in [0.4, 0.5) is 4.79 Å². The fraction of sp³-hybridized carbons (Fsp3) is 0.786. The van der Waals surface area contributed by atoms with Crippen LogP contribution in [0.15, 0.2) is 6.33 Å². The summed E-state index contributed by atoms with van der Waals surface area (Å²) in [6, 6.07) is 0. The van der Waals surface area contributed by atoms with Crippen LogP contribution in [0.1, 0.15) is 44.0 Å². The lowest BCUT2D eigenvalue weighted by Crippen LogP contribution is -2.43. The van der Waals surface area contributed by atoms with E-state index in [-0.39, 0.29) is 12.2 Å². The van der Waals surface area contributed by atoms with Crippen LogP contribution in [0.25, 0.3) is 0 Å². The van der Waals surface area contributed by atoms with Crippen LogP contribution in [-0.4, -0.2) is 52.5 Å². The molecule has 21 heavy (non-hydrogen) atoms. The highest BCUT2D eigenvalue weighted by Crippen LogP contribution is 2.24. The molecule has 1 saturated heterocycles. The Balaban J connectivity index is 1.47. The SMILES string of the molecule is O=C(OCC1CCCCC1)N1CCOC(c2ncn[nH]2)C1. The summed E-state index contributed by atoms with van der Waals surface area (Å²) in [5.74, 6) is 1.19. The second-order valence-corrected chi connectivity index (χ2v) is 5.76. The average molecular weight is 294 g/mol. The van der Waals surface area contributed by atoms with Crippen molar-refractivity contribution in [3.05, 3.63) is 12.2 Å². The van der Waals surface area contributed by atoms with Gasteiger partial charge in [0.1, 0.15) is 12.4 Å². The monoisotopic (exact) mass is 294 g/mol. The van der Waals surface area contributed by atoms with E-state index in [1.54, 1.807) is 4.90 Å². The molecular formula is C14H22N4O3. The van der Waals surface area contributed by atoms with Gasteiger partial charge in [0.25, 0.3) is 0 Å². The number of aromatic amines is 1. The lowest BCUT2D eigenvalue weighted by atomic mass is 9.90. The Morgan fingerprint density at radius 2 is 2.29 bits per heavy atom. The van der Waals surface area contributed by atoms with E-state index in [9.17, 15) is 4.79 Å². The van der Waals surface area contributed by atoms with Gasteiger partial charge in [-0.25, -0.2) is 9.78 Å². The van der Waals surface area contributed by atoms with E-state index < -0.39 is 0 Å². The van der Waals surface area contributed by atoms with E-state index in [0.717, 1.165) is 0 Å². The molecule has 3 rings (SSSR count). The maximum atomic E-state index is 12.2. The minimum atomic E-state index is -0.247. The number of carbonyl (C=O) groups excluding carboxylic acids is 1. The first-order chi connectivity index (χ1) is 10.3. The first-order valence-electron chi connectivity index (χ1n) is 7.71. The average Bonchev–Trinajstić information content (AvgIpc) is 3.08. The van der Waals surface area contributed by atoms with Crippen molar-refractivity contribution in [2.75, 3.05) is 26.3 Å². The van der Waals surface area contributed by atoms with Crippen molar-refractivity contribution < 1.29 is 14.3 Å². The van der Waals surface area contributed by atoms with Crippen molar-refractivity contribution in [2.45, 2.75) is 38.2 Å². The molecule has 1 unspecified atom stereocenters. The molecule has 0 bridgehead atoms. The van der Waals surface area contributed by atoms with Crippen LogP contribution >= 0.6 is 0 Å². The molecule has 2 aliphatic rings. The molecule has 7 heteroatoms. The van der Waals surface area contributed by atoms with Crippen LogP contribution < -0.4 is 0 Å². The second kappa shape index (κ2) is 6.89. The van der Waals surface area contributed by atoms with Gasteiger partial charge in [-0.15, -0.1) is 0 Å². The zero-order valence-corrected chi connectivity index (χ0v) is 12.2. The number of rotatable bonds is 3. The molecule has 1 saturated carbocycles. The van der Waals surface area contributed by atoms with Gasteiger partial charge in [0.05, 0.1) is 19.8 Å². The van der Waals surface area contributed by atoms with Gasteiger partial charge in [-0.05, 0) is 18.8 Å². The molecule has 1 amide bonds. The van der Waals surface area contributed by atoms with Crippen molar-refractivity contribution in [1.82, 2.24) is 20.1 Å². The normalized spacial score (nSPS) is 24.0. The third-order valence-electron chi connectivity index (χ3n) is 4.23. The first-order valence-corrected chi connectivity index (χ1v) is 7.71. The molecule has 0 spiro atoms. The Kier molecular flexibility index (Phi) is 4.69. The molecule has 7 nitrogen and oxygen atoms in total. The Bertz CT molecular complexity index is 445. The van der Waals surface area contributed by atoms with E-state index in [4.69, 9.17) is 9.47 Å². The smallest absolute Gasteiger partial charge is 0.409 e. The summed E-state index contributed by atoms with van der Waals surface area (Å²) in [6.07, 6.45) is 7.14. The summed E-state index contributed by atoms with van der Waals surface area (Å²) in [5, 5.41) is 6.60. The topological polar surface area (TPSA) is 80.3 Å². The van der Waals surface area contributed by atoms with Gasteiger partial charge in [0.2, 0.25) is 0 Å². The summed E-state index contributed by atoms with van der Waals surface area (Å²) >= 11 is 0. The summed E-state index contributed by atoms with van der Waals surface area (Å²) in [5.41, 5.74) is 0. The summed E-state index contributed by atoms with van der Waals surface area (Å²) in [7, 11) is 0. The molecule has 0 aromatic carbocycles. The van der Waals surface area contributed by atoms with Gasteiger partial charge in [0.15, 0.2) is 5.82 Å². The van der Waals surface area contributed by atoms with Crippen molar-refractivity contribution in [1.29, 1.82) is 0 Å². The van der Waals surface area contributed by atoms with Crippen LogP contribution in [0.5, 0.6) is 0 Å². The van der Waals surface area contributed by atoms with Crippen molar-refractivity contribution in [2.24, 2.45) is 5.92 Å². The highest BCUT2D eigenvalue weighted by Gasteiger charge is 2.28. The van der Waals surface area contributed by atoms with Gasteiger partial charge < -0.3 is 14.4 Å². The molecule has 1 N–H and O–H groups in total. The van der Waals surface area contributed by atoms with Gasteiger partial charge in [-0.1, -0.05) is 19.3 Å². The van der Waals surface area contributed by atoms with E-state index in [0.29, 0.717) is 38.0 Å². The van der Waals surface area contributed by atoms with Crippen molar-refractivity contribution in [3.8, 4) is 0 Å². The van der Waals surface area contributed by atoms with Crippen LogP contribution in [0.3, 0.4) is 0 Å². The molecular weight excluding hydrogens is 272 g/mol. The first kappa shape index (κ1) is 14.3. The maximum Gasteiger partial charge on any atom is 0.409 e. The number of hydrogen-bond acceptors (Lipinski definition) is 5. The minimum Gasteiger partial charge on any atom is -0.449 e. The number of nitrogens with one attached hydrogen (secondary N) is 1. The van der Waals surface area contributed by atoms with Crippen LogP contribution in [-0.2, 0) is 9.47 Å². The fourth-order valence-electron chi connectivity index (χ4n) is 2.98. The van der Waals surface area contributed by atoms with Gasteiger partial charge in [0, 0.05) is 6.54 Å². The third kappa shape index (κ3) is 3.72. The molecule has 0 radical (unpaired) electrons. The Labute approximate surface area is 124 Å². The number of H-pyrrole nitrogens is 1. The molecule has 2 fully saturated rings. The van der Waals surface area contributed by atoms with E-state index in [1.807, 2.05) is 0 Å². The lowest BCUT2D eigenvalue weighted by molar-refractivity contribution is -0.0344. The standard InChI is InChI=1S/C14H22N4O3/c19-14(21-9-11-4-2-1-3-5-11)18-6-7-20-12(8-18)13-15-10-16-17-13/h10-12H,1-9H2,(H,15,16,17). The minimum absolute atomic E-state index is 0.242. The lowest BCUT2D eigenvalue weighted by Gasteiger charge is -2.31. The molecule has 1 aliphatic carbocycles. The Morgan fingerprint density at radius 3 is 3.05 bits per heavy atom. The maximum absolute atomic E-state index is 12.2. The van der Waals surface area contributed by atoms with Crippen molar-refractivity contribution >= 4 is 6.09 Å². The largest absolute Gasteiger partial charge is 0.449 e. The Morgan fingerprint density at radius 1 is 1.43 bits per heavy atom. The second-order valence-electron chi connectivity index (χ2n) is 5.76. The third-order valence-corrected chi connectivity index (χ3v) is 4.23. The summed E-state index contributed by atoms with van der Waals surface area (Å²) in [6.45, 7) is 2.06. The summed E-state index contributed by atoms with van der Waals surface area (Å²) < 4.78 is 11.1. The molecule has 116 valence electrons. The predicted molar refractivity (Wildman–Crippen MR) is 74.6 cm³/mol. The highest BCUT2D eigenvalue weighted by molar-refractivity contribution is 5.67. The van der Waals surface area contributed by atoms with Crippen LogP contribution in [0, 0.1) is 5.92 Å². The number of ether oxygens (including phenoxy) is 2. The molecule has 2 heterocycles. The number of nitrogens with zero attached hydrogens (tertiary/aromatic N) is 3. The molecule has 1 aromatic heterocycles. The molecule has 1 aromatic rings. The quantitative estimate of drug-likeness (QED) is 0.921. The number of carbonyl (C=O) groups is 1. The van der Waals surface area contributed by atoms with Gasteiger partial charge >= 0.3 is 6.09 Å². The van der Waals surface area contributed by atoms with E-state index in [2.05, 4.69) is 15.2 Å².